The van der Waals surface area contributed by atoms with Gasteiger partial charge >= 0.3 is 7.67 Å². The lowest BCUT2D eigenvalue weighted by molar-refractivity contribution is -0.135. The molecule has 1 unspecified atom stereocenters. The highest BCUT2D eigenvalue weighted by Gasteiger charge is 2.36. The molecule has 1 aliphatic heterocycles. The minimum absolute atomic E-state index is 0.0135. The Balaban J connectivity index is 0.000000754. The summed E-state index contributed by atoms with van der Waals surface area (Å²) in [6.07, 6.45) is 0. The van der Waals surface area contributed by atoms with Crippen molar-refractivity contribution < 1.29 is 24.1 Å². The first kappa shape index (κ1) is 23.5. The van der Waals surface area contributed by atoms with Crippen molar-refractivity contribution in [3.05, 3.63) is 0 Å². The van der Waals surface area contributed by atoms with E-state index in [1.807, 2.05) is 23.4 Å². The zero-order valence-electron chi connectivity index (χ0n) is 16.0. The SMILES string of the molecule is CC(C)(O)CO.COP(=O)(N(C)C)N1CCN(C(=O)C(C)C)CC1. The van der Waals surface area contributed by atoms with Crippen LogP contribution in [-0.4, -0.2) is 90.0 Å². The number of nitrogens with zero attached hydrogens (tertiary/aromatic N) is 3. The van der Waals surface area contributed by atoms with E-state index in [4.69, 9.17) is 14.7 Å². The van der Waals surface area contributed by atoms with E-state index < -0.39 is 13.3 Å². The molecule has 0 aromatic rings. The molecule has 1 saturated heterocycles. The average Bonchev–Trinajstić information content (AvgIpc) is 2.53. The molecule has 1 aliphatic rings. The largest absolute Gasteiger partial charge is 0.393 e. The van der Waals surface area contributed by atoms with Crippen LogP contribution in [0.2, 0.25) is 0 Å². The van der Waals surface area contributed by atoms with Gasteiger partial charge in [-0.3, -0.25) is 9.36 Å². The number of hydrogen-bond acceptors (Lipinski definition) is 5. The van der Waals surface area contributed by atoms with Gasteiger partial charge in [-0.1, -0.05) is 13.8 Å². The standard InChI is InChI=1S/C11H24N3O3P.C4H10O2/c1-10(2)11(15)13-6-8-14(9-7-13)18(16,17-5)12(3)4;1-4(2,6)3-5/h10H,6-9H2,1-5H3;5-6H,3H2,1-2H3. The maximum atomic E-state index is 12.6. The Kier molecular flexibility index (Phi) is 9.64. The predicted molar refractivity (Wildman–Crippen MR) is 94.7 cm³/mol. The lowest BCUT2D eigenvalue weighted by Gasteiger charge is -2.40. The van der Waals surface area contributed by atoms with Crippen molar-refractivity contribution in [2.75, 3.05) is 54.0 Å². The molecule has 0 spiro atoms. The highest BCUT2D eigenvalue weighted by molar-refractivity contribution is 7.53. The summed E-state index contributed by atoms with van der Waals surface area (Å²) in [5.41, 5.74) is -0.903. The second kappa shape index (κ2) is 9.85. The summed E-state index contributed by atoms with van der Waals surface area (Å²) < 4.78 is 21.2. The molecular weight excluding hydrogens is 333 g/mol. The molecule has 1 atom stereocenters. The first-order valence-electron chi connectivity index (χ1n) is 8.10. The average molecular weight is 367 g/mol. The van der Waals surface area contributed by atoms with Gasteiger partial charge in [0.05, 0.1) is 12.2 Å². The summed E-state index contributed by atoms with van der Waals surface area (Å²) in [6.45, 7) is 9.11. The van der Waals surface area contributed by atoms with E-state index >= 15 is 0 Å². The number of piperazine rings is 1. The quantitative estimate of drug-likeness (QED) is 0.696. The van der Waals surface area contributed by atoms with E-state index in [-0.39, 0.29) is 18.4 Å². The highest BCUT2D eigenvalue weighted by Crippen LogP contribution is 2.51. The number of hydrogen-bond donors (Lipinski definition) is 2. The van der Waals surface area contributed by atoms with Crippen LogP contribution in [0.25, 0.3) is 0 Å². The molecule has 0 radical (unpaired) electrons. The molecule has 2 N–H and O–H groups in total. The second-order valence-electron chi connectivity index (χ2n) is 6.92. The number of carbonyl (C=O) groups excluding carboxylic acids is 1. The van der Waals surface area contributed by atoms with Crippen molar-refractivity contribution in [2.45, 2.75) is 33.3 Å². The summed E-state index contributed by atoms with van der Waals surface area (Å²) in [4.78, 5) is 13.7. The van der Waals surface area contributed by atoms with Gasteiger partial charge in [-0.15, -0.1) is 0 Å². The summed E-state index contributed by atoms with van der Waals surface area (Å²) in [5, 5.41) is 16.7. The lowest BCUT2D eigenvalue weighted by atomic mass is 10.2. The fraction of sp³-hybridized carbons (Fsp3) is 0.933. The fourth-order valence-electron chi connectivity index (χ4n) is 2.07. The maximum absolute atomic E-state index is 12.6. The molecule has 0 aliphatic carbocycles. The van der Waals surface area contributed by atoms with Crippen molar-refractivity contribution in [1.29, 1.82) is 0 Å². The van der Waals surface area contributed by atoms with Gasteiger partial charge in [0.1, 0.15) is 0 Å². The lowest BCUT2D eigenvalue weighted by Crippen LogP contribution is -2.49. The Hall–Kier alpha value is -0.500. The molecule has 1 amide bonds. The first-order chi connectivity index (χ1) is 10.9. The Morgan fingerprint density at radius 3 is 1.92 bits per heavy atom. The third-order valence-electron chi connectivity index (χ3n) is 3.55. The zero-order chi connectivity index (χ0) is 19.1. The van der Waals surface area contributed by atoms with Gasteiger partial charge in [-0.2, -0.15) is 0 Å². The first-order valence-corrected chi connectivity index (χ1v) is 9.63. The van der Waals surface area contributed by atoms with Crippen LogP contribution in [0.3, 0.4) is 0 Å². The molecule has 9 heteroatoms. The van der Waals surface area contributed by atoms with Crippen LogP contribution in [0.1, 0.15) is 27.7 Å². The van der Waals surface area contributed by atoms with Crippen LogP contribution in [0, 0.1) is 5.92 Å². The van der Waals surface area contributed by atoms with E-state index in [1.165, 1.54) is 7.11 Å². The maximum Gasteiger partial charge on any atom is 0.345 e. The number of rotatable bonds is 5. The molecule has 1 fully saturated rings. The fourth-order valence-corrected chi connectivity index (χ4v) is 3.81. The third kappa shape index (κ3) is 7.17. The summed E-state index contributed by atoms with van der Waals surface area (Å²) in [7, 11) is 2.06. The van der Waals surface area contributed by atoms with Crippen molar-refractivity contribution in [3.63, 3.8) is 0 Å². The number of aliphatic hydroxyl groups is 2. The van der Waals surface area contributed by atoms with Crippen LogP contribution < -0.4 is 0 Å². The predicted octanol–water partition coefficient (Wildman–Crippen LogP) is 0.852. The van der Waals surface area contributed by atoms with Crippen molar-refractivity contribution in [3.8, 4) is 0 Å². The summed E-state index contributed by atoms with van der Waals surface area (Å²) >= 11 is 0. The van der Waals surface area contributed by atoms with Crippen LogP contribution in [0.5, 0.6) is 0 Å². The van der Waals surface area contributed by atoms with Gasteiger partial charge < -0.3 is 19.6 Å². The van der Waals surface area contributed by atoms with Crippen molar-refractivity contribution >= 4 is 13.6 Å². The second-order valence-corrected chi connectivity index (χ2v) is 9.64. The van der Waals surface area contributed by atoms with Crippen LogP contribution in [-0.2, 0) is 13.9 Å². The molecule has 0 saturated carbocycles. The van der Waals surface area contributed by atoms with Gasteiger partial charge in [0, 0.05) is 39.2 Å². The molecular formula is C15H34N3O5P. The van der Waals surface area contributed by atoms with Crippen molar-refractivity contribution in [2.24, 2.45) is 5.92 Å². The number of aliphatic hydroxyl groups excluding tert-OH is 1. The molecule has 0 aromatic carbocycles. The number of carbonyl (C=O) groups is 1. The summed E-state index contributed by atoms with van der Waals surface area (Å²) in [5.74, 6) is 0.173. The molecule has 0 aromatic heterocycles. The monoisotopic (exact) mass is 367 g/mol. The topological polar surface area (TPSA) is 93.5 Å². The van der Waals surface area contributed by atoms with Gasteiger partial charge in [0.25, 0.3) is 0 Å². The van der Waals surface area contributed by atoms with Gasteiger partial charge in [0.15, 0.2) is 0 Å². The molecule has 8 nitrogen and oxygen atoms in total. The molecule has 1 rings (SSSR count). The molecule has 144 valence electrons. The smallest absolute Gasteiger partial charge is 0.345 e. The summed E-state index contributed by atoms with van der Waals surface area (Å²) in [6, 6.07) is 0. The Morgan fingerprint density at radius 2 is 1.67 bits per heavy atom. The Bertz CT molecular complexity index is 429. The van der Waals surface area contributed by atoms with Crippen molar-refractivity contribution in [1.82, 2.24) is 14.2 Å². The molecule has 1 heterocycles. The molecule has 0 bridgehead atoms. The van der Waals surface area contributed by atoms with E-state index in [0.717, 1.165) is 0 Å². The highest BCUT2D eigenvalue weighted by atomic mass is 31.2. The normalized spacial score (nSPS) is 19.0. The van der Waals surface area contributed by atoms with Gasteiger partial charge in [-0.05, 0) is 27.9 Å². The molecule has 24 heavy (non-hydrogen) atoms. The van der Waals surface area contributed by atoms with E-state index in [1.54, 1.807) is 32.6 Å². The van der Waals surface area contributed by atoms with Gasteiger partial charge in [-0.25, -0.2) is 9.34 Å². The van der Waals surface area contributed by atoms with E-state index in [9.17, 15) is 9.36 Å². The number of amides is 1. The Morgan fingerprint density at radius 1 is 1.25 bits per heavy atom. The van der Waals surface area contributed by atoms with Gasteiger partial charge in [0.2, 0.25) is 5.91 Å². The van der Waals surface area contributed by atoms with E-state index in [0.29, 0.717) is 26.2 Å². The van der Waals surface area contributed by atoms with E-state index in [2.05, 4.69) is 0 Å². The minimum Gasteiger partial charge on any atom is -0.393 e. The third-order valence-corrected chi connectivity index (χ3v) is 6.15. The Labute approximate surface area is 145 Å². The van der Waals surface area contributed by atoms with Crippen LogP contribution in [0.15, 0.2) is 0 Å². The zero-order valence-corrected chi connectivity index (χ0v) is 16.9. The van der Waals surface area contributed by atoms with Crippen LogP contribution >= 0.6 is 7.67 Å². The minimum atomic E-state index is -2.90. The van der Waals surface area contributed by atoms with Crippen LogP contribution in [0.4, 0.5) is 0 Å².